The van der Waals surface area contributed by atoms with Gasteiger partial charge in [0.25, 0.3) is 0 Å². The summed E-state index contributed by atoms with van der Waals surface area (Å²) in [7, 11) is 1.68. The van der Waals surface area contributed by atoms with Crippen LogP contribution in [0, 0.1) is 6.92 Å². The number of aryl methyl sites for hydroxylation is 1. The average molecular weight is 249 g/mol. The van der Waals surface area contributed by atoms with E-state index in [4.69, 9.17) is 10.5 Å². The molecule has 2 N–H and O–H groups in total. The summed E-state index contributed by atoms with van der Waals surface area (Å²) in [4.78, 5) is 6.44. The van der Waals surface area contributed by atoms with Gasteiger partial charge in [-0.05, 0) is 32.4 Å². The van der Waals surface area contributed by atoms with Crippen LogP contribution in [0.1, 0.15) is 25.0 Å². The molecule has 0 atom stereocenters. The molecule has 1 aromatic rings. The van der Waals surface area contributed by atoms with Crippen LogP contribution in [0.2, 0.25) is 0 Å². The van der Waals surface area contributed by atoms with Crippen molar-refractivity contribution >= 4 is 5.96 Å². The van der Waals surface area contributed by atoms with Crippen LogP contribution in [0.3, 0.4) is 0 Å². The van der Waals surface area contributed by atoms with E-state index in [1.807, 2.05) is 24.0 Å². The Balaban J connectivity index is 2.82. The molecule has 1 aromatic carbocycles. The van der Waals surface area contributed by atoms with E-state index in [1.165, 1.54) is 5.56 Å². The van der Waals surface area contributed by atoms with E-state index < -0.39 is 0 Å². The number of hydrogen-bond acceptors (Lipinski definition) is 2. The summed E-state index contributed by atoms with van der Waals surface area (Å²) in [5.74, 6) is 1.45. The molecular weight excluding hydrogens is 226 g/mol. The zero-order valence-corrected chi connectivity index (χ0v) is 11.7. The van der Waals surface area contributed by atoms with Crippen molar-refractivity contribution in [3.63, 3.8) is 0 Å². The highest BCUT2D eigenvalue weighted by molar-refractivity contribution is 5.78. The fourth-order valence-corrected chi connectivity index (χ4v) is 1.80. The van der Waals surface area contributed by atoms with Gasteiger partial charge in [0.05, 0.1) is 13.7 Å². The van der Waals surface area contributed by atoms with Gasteiger partial charge in [-0.15, -0.1) is 0 Å². The molecule has 0 aromatic heterocycles. The fraction of sp³-hybridized carbons (Fsp3) is 0.500. The van der Waals surface area contributed by atoms with Gasteiger partial charge < -0.3 is 15.4 Å². The smallest absolute Gasteiger partial charge is 0.191 e. The van der Waals surface area contributed by atoms with Crippen molar-refractivity contribution in [2.75, 3.05) is 20.2 Å². The molecule has 0 unspecified atom stereocenters. The number of hydrogen-bond donors (Lipinski definition) is 1. The van der Waals surface area contributed by atoms with Gasteiger partial charge >= 0.3 is 0 Å². The molecule has 0 saturated carbocycles. The lowest BCUT2D eigenvalue weighted by Gasteiger charge is -2.19. The number of rotatable bonds is 5. The summed E-state index contributed by atoms with van der Waals surface area (Å²) in [6.07, 6.45) is 0. The summed E-state index contributed by atoms with van der Waals surface area (Å²) >= 11 is 0. The van der Waals surface area contributed by atoms with Crippen LogP contribution in [0.25, 0.3) is 0 Å². The molecule has 4 nitrogen and oxygen atoms in total. The first-order chi connectivity index (χ1) is 8.62. The summed E-state index contributed by atoms with van der Waals surface area (Å²) in [6.45, 7) is 8.47. The van der Waals surface area contributed by atoms with E-state index >= 15 is 0 Å². The van der Waals surface area contributed by atoms with Gasteiger partial charge in [-0.1, -0.05) is 12.1 Å². The lowest BCUT2D eigenvalue weighted by atomic mass is 10.1. The van der Waals surface area contributed by atoms with E-state index in [1.54, 1.807) is 7.11 Å². The minimum Gasteiger partial charge on any atom is -0.496 e. The van der Waals surface area contributed by atoms with E-state index in [2.05, 4.69) is 24.9 Å². The molecule has 0 amide bonds. The van der Waals surface area contributed by atoms with E-state index in [-0.39, 0.29) is 0 Å². The Kier molecular flexibility index (Phi) is 5.49. The van der Waals surface area contributed by atoms with Crippen LogP contribution in [0.4, 0.5) is 0 Å². The number of benzene rings is 1. The number of aliphatic imine (C=N–C) groups is 1. The molecule has 0 aliphatic heterocycles. The normalized spacial score (nSPS) is 11.4. The van der Waals surface area contributed by atoms with Gasteiger partial charge in [0.2, 0.25) is 0 Å². The molecule has 0 spiro atoms. The summed E-state index contributed by atoms with van der Waals surface area (Å²) in [6, 6.07) is 6.10. The van der Waals surface area contributed by atoms with Crippen LogP contribution >= 0.6 is 0 Å². The third-order valence-electron chi connectivity index (χ3n) is 2.94. The third-order valence-corrected chi connectivity index (χ3v) is 2.94. The Morgan fingerprint density at radius 2 is 2.00 bits per heavy atom. The van der Waals surface area contributed by atoms with Crippen LogP contribution in [-0.4, -0.2) is 31.1 Å². The molecule has 0 fully saturated rings. The molecule has 0 heterocycles. The predicted octanol–water partition coefficient (Wildman–Crippen LogP) is 2.16. The van der Waals surface area contributed by atoms with Gasteiger partial charge in [0, 0.05) is 18.7 Å². The van der Waals surface area contributed by atoms with Gasteiger partial charge in [-0.25, -0.2) is 4.99 Å². The molecular formula is C14H23N3O. The molecule has 0 saturated heterocycles. The van der Waals surface area contributed by atoms with Crippen LogP contribution < -0.4 is 10.5 Å². The molecule has 4 heteroatoms. The second kappa shape index (κ2) is 6.89. The second-order valence-electron chi connectivity index (χ2n) is 4.16. The molecule has 18 heavy (non-hydrogen) atoms. The Morgan fingerprint density at radius 1 is 1.33 bits per heavy atom. The first kappa shape index (κ1) is 14.4. The van der Waals surface area contributed by atoms with Crippen molar-refractivity contribution in [2.45, 2.75) is 27.3 Å². The third kappa shape index (κ3) is 3.65. The van der Waals surface area contributed by atoms with Crippen molar-refractivity contribution < 1.29 is 4.74 Å². The standard InChI is InChI=1S/C14H23N3O/c1-5-17(6-2)14(15)16-10-12-8-7-11(3)9-13(12)18-4/h7-9H,5-6,10H2,1-4H3,(H2,15,16). The Hall–Kier alpha value is -1.71. The lowest BCUT2D eigenvalue weighted by molar-refractivity contribution is 0.409. The van der Waals surface area contributed by atoms with Crippen LogP contribution in [0.5, 0.6) is 5.75 Å². The number of guanidine groups is 1. The maximum atomic E-state index is 5.94. The first-order valence-electron chi connectivity index (χ1n) is 6.30. The number of nitrogens with zero attached hydrogens (tertiary/aromatic N) is 2. The number of ether oxygens (including phenoxy) is 1. The molecule has 0 aliphatic carbocycles. The predicted molar refractivity (Wildman–Crippen MR) is 76.0 cm³/mol. The molecule has 0 bridgehead atoms. The van der Waals surface area contributed by atoms with Crippen LogP contribution in [0.15, 0.2) is 23.2 Å². The van der Waals surface area contributed by atoms with Crippen molar-refractivity contribution in [3.05, 3.63) is 29.3 Å². The molecule has 1 rings (SSSR count). The number of nitrogens with two attached hydrogens (primary N) is 1. The SMILES string of the molecule is CCN(CC)C(N)=NCc1ccc(C)cc1OC. The zero-order chi connectivity index (χ0) is 13.5. The van der Waals surface area contributed by atoms with Crippen molar-refractivity contribution in [2.24, 2.45) is 10.7 Å². The van der Waals surface area contributed by atoms with E-state index in [0.717, 1.165) is 24.4 Å². The van der Waals surface area contributed by atoms with E-state index in [9.17, 15) is 0 Å². The minimum absolute atomic E-state index is 0.547. The van der Waals surface area contributed by atoms with Crippen molar-refractivity contribution in [3.8, 4) is 5.75 Å². The van der Waals surface area contributed by atoms with E-state index in [0.29, 0.717) is 12.5 Å². The lowest BCUT2D eigenvalue weighted by Crippen LogP contribution is -2.37. The second-order valence-corrected chi connectivity index (χ2v) is 4.16. The molecule has 100 valence electrons. The molecule has 0 aliphatic rings. The van der Waals surface area contributed by atoms with Gasteiger partial charge in [0.1, 0.15) is 5.75 Å². The van der Waals surface area contributed by atoms with Gasteiger partial charge in [0.15, 0.2) is 5.96 Å². The maximum Gasteiger partial charge on any atom is 0.191 e. The first-order valence-corrected chi connectivity index (χ1v) is 6.30. The number of methoxy groups -OCH3 is 1. The monoisotopic (exact) mass is 249 g/mol. The quantitative estimate of drug-likeness (QED) is 0.642. The molecule has 0 radical (unpaired) electrons. The van der Waals surface area contributed by atoms with Gasteiger partial charge in [-0.2, -0.15) is 0 Å². The minimum atomic E-state index is 0.547. The van der Waals surface area contributed by atoms with Crippen LogP contribution in [-0.2, 0) is 6.54 Å². The summed E-state index contributed by atoms with van der Waals surface area (Å²) in [5.41, 5.74) is 8.17. The fourth-order valence-electron chi connectivity index (χ4n) is 1.80. The highest BCUT2D eigenvalue weighted by atomic mass is 16.5. The zero-order valence-electron chi connectivity index (χ0n) is 11.7. The topological polar surface area (TPSA) is 50.8 Å². The highest BCUT2D eigenvalue weighted by Gasteiger charge is 2.05. The highest BCUT2D eigenvalue weighted by Crippen LogP contribution is 2.20. The largest absolute Gasteiger partial charge is 0.496 e. The van der Waals surface area contributed by atoms with Crippen molar-refractivity contribution in [1.29, 1.82) is 0 Å². The Morgan fingerprint density at radius 3 is 2.56 bits per heavy atom. The van der Waals surface area contributed by atoms with Crippen molar-refractivity contribution in [1.82, 2.24) is 4.90 Å². The summed E-state index contributed by atoms with van der Waals surface area (Å²) in [5, 5.41) is 0. The Labute approximate surface area is 109 Å². The Bertz CT molecular complexity index is 412. The van der Waals surface area contributed by atoms with Gasteiger partial charge in [-0.3, -0.25) is 0 Å². The maximum absolute atomic E-state index is 5.94. The average Bonchev–Trinajstić information content (AvgIpc) is 2.38. The summed E-state index contributed by atoms with van der Waals surface area (Å²) < 4.78 is 5.35.